The van der Waals surface area contributed by atoms with Crippen LogP contribution in [-0.2, 0) is 6.42 Å². The number of aliphatic hydroxyl groups excluding tert-OH is 1. The lowest BCUT2D eigenvalue weighted by Crippen LogP contribution is -2.39. The van der Waals surface area contributed by atoms with Gasteiger partial charge in [-0.15, -0.1) is 0 Å². The summed E-state index contributed by atoms with van der Waals surface area (Å²) in [4.78, 5) is 24.7. The number of rotatable bonds is 6. The van der Waals surface area contributed by atoms with Crippen molar-refractivity contribution in [3.63, 3.8) is 0 Å². The van der Waals surface area contributed by atoms with Crippen LogP contribution in [0.2, 0.25) is 0 Å². The number of carbonyl (C=O) groups excluding carboxylic acids is 1. The number of aromatic nitrogens is 1. The molecule has 0 aliphatic carbocycles. The predicted molar refractivity (Wildman–Crippen MR) is 100 cm³/mol. The van der Waals surface area contributed by atoms with Gasteiger partial charge in [0.25, 0.3) is 11.5 Å². The number of halogens is 1. The van der Waals surface area contributed by atoms with E-state index >= 15 is 0 Å². The Morgan fingerprint density at radius 1 is 1.04 bits per heavy atom. The maximum atomic E-state index is 13.1. The zero-order valence-corrected chi connectivity index (χ0v) is 14.5. The van der Waals surface area contributed by atoms with E-state index in [1.165, 1.54) is 47.2 Å². The summed E-state index contributed by atoms with van der Waals surface area (Å²) < 4.78 is 14.4. The van der Waals surface area contributed by atoms with Crippen LogP contribution in [0.15, 0.2) is 77.7 Å². The van der Waals surface area contributed by atoms with Gasteiger partial charge in [-0.05, 0) is 42.3 Å². The summed E-state index contributed by atoms with van der Waals surface area (Å²) in [6, 6.07) is 17.2. The summed E-state index contributed by atoms with van der Waals surface area (Å²) in [5, 5.41) is 12.4. The highest BCUT2D eigenvalue weighted by Gasteiger charge is 2.15. The molecule has 0 bridgehead atoms. The van der Waals surface area contributed by atoms with Gasteiger partial charge >= 0.3 is 0 Å². The molecule has 2 aromatic carbocycles. The third-order valence-corrected chi connectivity index (χ3v) is 4.16. The molecule has 27 heavy (non-hydrogen) atoms. The molecule has 0 aliphatic rings. The largest absolute Gasteiger partial charge is 0.394 e. The Morgan fingerprint density at radius 2 is 1.74 bits per heavy atom. The number of hydrogen-bond donors (Lipinski definition) is 2. The molecule has 0 saturated heterocycles. The van der Waals surface area contributed by atoms with E-state index in [0.29, 0.717) is 12.1 Å². The normalized spacial score (nSPS) is 11.8. The molecule has 0 saturated carbocycles. The van der Waals surface area contributed by atoms with Gasteiger partial charge in [0.05, 0.1) is 18.2 Å². The van der Waals surface area contributed by atoms with Crippen molar-refractivity contribution in [1.82, 2.24) is 9.88 Å². The van der Waals surface area contributed by atoms with E-state index in [9.17, 15) is 19.1 Å². The molecule has 1 amide bonds. The number of aliphatic hydroxyl groups is 1. The minimum Gasteiger partial charge on any atom is -0.394 e. The standard InChI is InChI=1S/C21H19FN2O3/c22-17-7-9-19(10-8-17)24-13-16(6-11-20(24)26)21(27)23-18(14-25)12-15-4-2-1-3-5-15/h1-11,13,18,25H,12,14H2,(H,23,27). The summed E-state index contributed by atoms with van der Waals surface area (Å²) in [5.74, 6) is -0.812. The lowest BCUT2D eigenvalue weighted by atomic mass is 10.1. The van der Waals surface area contributed by atoms with Crippen molar-refractivity contribution < 1.29 is 14.3 Å². The van der Waals surface area contributed by atoms with E-state index in [2.05, 4.69) is 5.32 Å². The first kappa shape index (κ1) is 18.5. The van der Waals surface area contributed by atoms with E-state index in [-0.39, 0.29) is 17.7 Å². The van der Waals surface area contributed by atoms with E-state index in [4.69, 9.17) is 0 Å². The molecule has 6 heteroatoms. The minimum atomic E-state index is -0.453. The van der Waals surface area contributed by atoms with Gasteiger partial charge in [-0.25, -0.2) is 4.39 Å². The van der Waals surface area contributed by atoms with Crippen LogP contribution in [0.5, 0.6) is 0 Å². The van der Waals surface area contributed by atoms with Crippen molar-refractivity contribution in [2.75, 3.05) is 6.61 Å². The number of nitrogens with zero attached hydrogens (tertiary/aromatic N) is 1. The van der Waals surface area contributed by atoms with Crippen LogP contribution in [0.1, 0.15) is 15.9 Å². The highest BCUT2D eigenvalue weighted by Crippen LogP contribution is 2.09. The maximum Gasteiger partial charge on any atom is 0.255 e. The second-order valence-corrected chi connectivity index (χ2v) is 6.15. The second-order valence-electron chi connectivity index (χ2n) is 6.15. The van der Waals surface area contributed by atoms with Crippen molar-refractivity contribution >= 4 is 5.91 Å². The summed E-state index contributed by atoms with van der Waals surface area (Å²) in [6.07, 6.45) is 1.89. The van der Waals surface area contributed by atoms with Crippen molar-refractivity contribution in [1.29, 1.82) is 0 Å². The number of carbonyl (C=O) groups is 1. The molecule has 0 aliphatic heterocycles. The van der Waals surface area contributed by atoms with Crippen LogP contribution in [0.25, 0.3) is 5.69 Å². The van der Waals surface area contributed by atoms with E-state index < -0.39 is 17.8 Å². The number of pyridine rings is 1. The number of benzene rings is 2. The Morgan fingerprint density at radius 3 is 2.41 bits per heavy atom. The smallest absolute Gasteiger partial charge is 0.255 e. The number of nitrogens with one attached hydrogen (secondary N) is 1. The maximum absolute atomic E-state index is 13.1. The molecule has 1 heterocycles. The lowest BCUT2D eigenvalue weighted by molar-refractivity contribution is 0.0916. The third kappa shape index (κ3) is 4.68. The molecule has 0 radical (unpaired) electrons. The van der Waals surface area contributed by atoms with Gasteiger partial charge in [0.2, 0.25) is 0 Å². The Bertz CT molecular complexity index is 969. The first-order valence-electron chi connectivity index (χ1n) is 8.51. The molecule has 1 atom stereocenters. The number of amides is 1. The fraction of sp³-hybridized carbons (Fsp3) is 0.143. The minimum absolute atomic E-state index is 0.210. The van der Waals surface area contributed by atoms with Crippen LogP contribution >= 0.6 is 0 Å². The van der Waals surface area contributed by atoms with E-state index in [1.807, 2.05) is 30.3 Å². The van der Waals surface area contributed by atoms with Crippen LogP contribution in [0, 0.1) is 5.82 Å². The van der Waals surface area contributed by atoms with Gasteiger partial charge < -0.3 is 10.4 Å². The molecule has 1 unspecified atom stereocenters. The number of hydrogen-bond acceptors (Lipinski definition) is 3. The van der Waals surface area contributed by atoms with Crippen LogP contribution in [0.4, 0.5) is 4.39 Å². The van der Waals surface area contributed by atoms with Crippen molar-refractivity contribution in [2.24, 2.45) is 0 Å². The van der Waals surface area contributed by atoms with Gasteiger partial charge in [0, 0.05) is 18.0 Å². The molecule has 2 N–H and O–H groups in total. The second kappa shape index (κ2) is 8.42. The highest BCUT2D eigenvalue weighted by atomic mass is 19.1. The summed E-state index contributed by atoms with van der Waals surface area (Å²) >= 11 is 0. The first-order valence-corrected chi connectivity index (χ1v) is 8.51. The summed E-state index contributed by atoms with van der Waals surface area (Å²) in [6.45, 7) is -0.210. The van der Waals surface area contributed by atoms with Crippen molar-refractivity contribution in [2.45, 2.75) is 12.5 Å². The van der Waals surface area contributed by atoms with Crippen molar-refractivity contribution in [3.05, 3.63) is 100 Å². The van der Waals surface area contributed by atoms with E-state index in [0.717, 1.165) is 5.56 Å². The van der Waals surface area contributed by atoms with Crippen LogP contribution in [-0.4, -0.2) is 28.2 Å². The summed E-state index contributed by atoms with van der Waals surface area (Å²) in [5.41, 5.74) is 1.39. The molecule has 1 aromatic heterocycles. The van der Waals surface area contributed by atoms with Gasteiger partial charge in [-0.1, -0.05) is 30.3 Å². The molecule has 0 spiro atoms. The Hall–Kier alpha value is -3.25. The van der Waals surface area contributed by atoms with Gasteiger partial charge in [0.1, 0.15) is 5.82 Å². The predicted octanol–water partition coefficient (Wildman–Crippen LogP) is 2.31. The van der Waals surface area contributed by atoms with Crippen LogP contribution in [0.3, 0.4) is 0 Å². The molecule has 5 nitrogen and oxygen atoms in total. The first-order chi connectivity index (χ1) is 13.1. The quantitative estimate of drug-likeness (QED) is 0.703. The average molecular weight is 366 g/mol. The van der Waals surface area contributed by atoms with Crippen molar-refractivity contribution in [3.8, 4) is 5.69 Å². The molecular formula is C21H19FN2O3. The highest BCUT2D eigenvalue weighted by molar-refractivity contribution is 5.94. The zero-order valence-electron chi connectivity index (χ0n) is 14.5. The fourth-order valence-electron chi connectivity index (χ4n) is 2.75. The monoisotopic (exact) mass is 366 g/mol. The molecule has 138 valence electrons. The fourth-order valence-corrected chi connectivity index (χ4v) is 2.75. The molecular weight excluding hydrogens is 347 g/mol. The van der Waals surface area contributed by atoms with Gasteiger partial charge in [0.15, 0.2) is 0 Å². The SMILES string of the molecule is O=C(NC(CO)Cc1ccccc1)c1ccc(=O)n(-c2ccc(F)cc2)c1. The molecule has 3 rings (SSSR count). The third-order valence-electron chi connectivity index (χ3n) is 4.16. The molecule has 0 fully saturated rings. The van der Waals surface area contributed by atoms with Gasteiger partial charge in [-0.3, -0.25) is 14.2 Å². The lowest BCUT2D eigenvalue weighted by Gasteiger charge is -2.17. The Labute approximate surface area is 155 Å². The Balaban J connectivity index is 1.79. The Kier molecular flexibility index (Phi) is 5.78. The van der Waals surface area contributed by atoms with Crippen LogP contribution < -0.4 is 10.9 Å². The summed E-state index contributed by atoms with van der Waals surface area (Å²) in [7, 11) is 0. The zero-order chi connectivity index (χ0) is 19.2. The molecule has 3 aromatic rings. The topological polar surface area (TPSA) is 71.3 Å². The average Bonchev–Trinajstić information content (AvgIpc) is 2.69. The van der Waals surface area contributed by atoms with E-state index in [1.54, 1.807) is 0 Å². The van der Waals surface area contributed by atoms with Gasteiger partial charge in [-0.2, -0.15) is 0 Å².